The van der Waals surface area contributed by atoms with Gasteiger partial charge in [0.05, 0.1) is 25.1 Å². The van der Waals surface area contributed by atoms with Crippen molar-refractivity contribution in [1.82, 2.24) is 20.4 Å². The third-order valence-corrected chi connectivity index (χ3v) is 3.82. The predicted octanol–water partition coefficient (Wildman–Crippen LogP) is 3.19. The molecule has 0 atom stereocenters. The van der Waals surface area contributed by atoms with Crippen LogP contribution in [0.3, 0.4) is 0 Å². The van der Waals surface area contributed by atoms with E-state index < -0.39 is 0 Å². The third-order valence-electron chi connectivity index (χ3n) is 3.82. The summed E-state index contributed by atoms with van der Waals surface area (Å²) in [5, 5.41) is 17.7. The average molecular weight is 306 g/mol. The summed E-state index contributed by atoms with van der Waals surface area (Å²) in [5.74, 6) is 1.27. The first-order valence-electron chi connectivity index (χ1n) is 7.13. The minimum atomic E-state index is 0.624. The zero-order chi connectivity index (χ0) is 15.8. The topological polar surface area (TPSA) is 72.9 Å². The standard InChI is InChI=1S/C17H14N4O2/c1-22-13-8-11-12(9-14(13)23-2)18-20-17-15(11)16(19-21-17)10-6-4-3-5-7-10/h3-9H,1-2H3,(H,19,20,21). The van der Waals surface area contributed by atoms with E-state index >= 15 is 0 Å². The normalized spacial score (nSPS) is 11.0. The smallest absolute Gasteiger partial charge is 0.179 e. The highest BCUT2D eigenvalue weighted by molar-refractivity contribution is 6.10. The van der Waals surface area contributed by atoms with Gasteiger partial charge in [-0.05, 0) is 6.07 Å². The van der Waals surface area contributed by atoms with Gasteiger partial charge in [0.2, 0.25) is 0 Å². The van der Waals surface area contributed by atoms with Gasteiger partial charge in [0.1, 0.15) is 5.69 Å². The molecule has 2 aromatic heterocycles. The molecule has 0 fully saturated rings. The summed E-state index contributed by atoms with van der Waals surface area (Å²) in [6.45, 7) is 0. The molecular weight excluding hydrogens is 292 g/mol. The molecule has 4 aromatic rings. The molecule has 1 N–H and O–H groups in total. The minimum absolute atomic E-state index is 0.624. The van der Waals surface area contributed by atoms with Crippen molar-refractivity contribution in [3.63, 3.8) is 0 Å². The Morgan fingerprint density at radius 2 is 1.65 bits per heavy atom. The number of nitrogens with zero attached hydrogens (tertiary/aromatic N) is 3. The Hall–Kier alpha value is -3.15. The summed E-state index contributed by atoms with van der Waals surface area (Å²) in [7, 11) is 3.21. The predicted molar refractivity (Wildman–Crippen MR) is 87.7 cm³/mol. The number of fused-ring (bicyclic) bond motifs is 3. The average Bonchev–Trinajstić information content (AvgIpc) is 3.05. The maximum Gasteiger partial charge on any atom is 0.179 e. The van der Waals surface area contributed by atoms with Gasteiger partial charge in [-0.1, -0.05) is 30.3 Å². The molecule has 4 rings (SSSR count). The number of benzene rings is 2. The number of H-pyrrole nitrogens is 1. The summed E-state index contributed by atoms with van der Waals surface area (Å²) in [4.78, 5) is 0. The van der Waals surface area contributed by atoms with E-state index in [1.165, 1.54) is 0 Å². The van der Waals surface area contributed by atoms with Crippen LogP contribution in [0.5, 0.6) is 11.5 Å². The highest BCUT2D eigenvalue weighted by Crippen LogP contribution is 2.36. The summed E-state index contributed by atoms with van der Waals surface area (Å²) < 4.78 is 10.7. The van der Waals surface area contributed by atoms with Crippen LogP contribution in [0.2, 0.25) is 0 Å². The van der Waals surface area contributed by atoms with Gasteiger partial charge < -0.3 is 9.47 Å². The molecule has 2 heterocycles. The maximum atomic E-state index is 5.41. The summed E-state index contributed by atoms with van der Waals surface area (Å²) in [5.41, 5.74) is 3.23. The monoisotopic (exact) mass is 306 g/mol. The minimum Gasteiger partial charge on any atom is -0.493 e. The van der Waals surface area contributed by atoms with Crippen molar-refractivity contribution in [3.05, 3.63) is 42.5 Å². The maximum absolute atomic E-state index is 5.41. The first kappa shape index (κ1) is 13.5. The largest absolute Gasteiger partial charge is 0.493 e. The van der Waals surface area contributed by atoms with Crippen LogP contribution in [-0.2, 0) is 0 Å². The second kappa shape index (κ2) is 5.24. The van der Waals surface area contributed by atoms with Gasteiger partial charge >= 0.3 is 0 Å². The van der Waals surface area contributed by atoms with Crippen LogP contribution < -0.4 is 9.47 Å². The second-order valence-corrected chi connectivity index (χ2v) is 5.09. The SMILES string of the molecule is COc1cc2nnc3[nH]nc(-c4ccccc4)c3c2cc1OC. The molecule has 0 bridgehead atoms. The van der Waals surface area contributed by atoms with E-state index in [2.05, 4.69) is 20.4 Å². The lowest BCUT2D eigenvalue weighted by Crippen LogP contribution is -1.93. The van der Waals surface area contributed by atoms with Gasteiger partial charge in [-0.3, -0.25) is 5.10 Å². The molecule has 0 amide bonds. The molecule has 6 nitrogen and oxygen atoms in total. The van der Waals surface area contributed by atoms with E-state index in [0.717, 1.165) is 27.5 Å². The molecular formula is C17H14N4O2. The van der Waals surface area contributed by atoms with E-state index in [1.54, 1.807) is 14.2 Å². The number of rotatable bonds is 3. The Morgan fingerprint density at radius 1 is 0.913 bits per heavy atom. The molecule has 6 heteroatoms. The fourth-order valence-electron chi connectivity index (χ4n) is 2.72. The lowest BCUT2D eigenvalue weighted by atomic mass is 10.1. The molecule has 0 aliphatic rings. The fourth-order valence-corrected chi connectivity index (χ4v) is 2.72. The quantitative estimate of drug-likeness (QED) is 0.629. The van der Waals surface area contributed by atoms with Crippen molar-refractivity contribution >= 4 is 21.9 Å². The van der Waals surface area contributed by atoms with Crippen LogP contribution in [0, 0.1) is 0 Å². The molecule has 23 heavy (non-hydrogen) atoms. The number of methoxy groups -OCH3 is 2. The number of aromatic nitrogens is 4. The Kier molecular flexibility index (Phi) is 3.08. The first-order valence-corrected chi connectivity index (χ1v) is 7.13. The van der Waals surface area contributed by atoms with Gasteiger partial charge in [-0.2, -0.15) is 5.10 Å². The van der Waals surface area contributed by atoms with Crippen molar-refractivity contribution in [2.45, 2.75) is 0 Å². The molecule has 0 unspecified atom stereocenters. The number of hydrogen-bond acceptors (Lipinski definition) is 5. The Bertz CT molecular complexity index is 996. The Labute approximate surface area is 132 Å². The van der Waals surface area contributed by atoms with Gasteiger partial charge in [-0.25, -0.2) is 0 Å². The van der Waals surface area contributed by atoms with Crippen LogP contribution in [0.15, 0.2) is 42.5 Å². The van der Waals surface area contributed by atoms with Crippen LogP contribution in [0.4, 0.5) is 0 Å². The molecule has 0 radical (unpaired) electrons. The van der Waals surface area contributed by atoms with Crippen molar-refractivity contribution in [1.29, 1.82) is 0 Å². The van der Waals surface area contributed by atoms with Crippen LogP contribution >= 0.6 is 0 Å². The van der Waals surface area contributed by atoms with Gasteiger partial charge in [0, 0.05) is 17.0 Å². The molecule has 0 saturated carbocycles. The lowest BCUT2D eigenvalue weighted by Gasteiger charge is -2.09. The van der Waals surface area contributed by atoms with Gasteiger partial charge in [-0.15, -0.1) is 10.2 Å². The van der Waals surface area contributed by atoms with Crippen molar-refractivity contribution in [2.75, 3.05) is 14.2 Å². The Morgan fingerprint density at radius 3 is 2.39 bits per heavy atom. The lowest BCUT2D eigenvalue weighted by molar-refractivity contribution is 0.356. The molecule has 2 aromatic carbocycles. The van der Waals surface area contributed by atoms with Crippen LogP contribution in [0.25, 0.3) is 33.2 Å². The number of ether oxygens (including phenoxy) is 2. The van der Waals surface area contributed by atoms with E-state index in [1.807, 2.05) is 42.5 Å². The molecule has 0 aliphatic heterocycles. The molecule has 0 saturated heterocycles. The van der Waals surface area contributed by atoms with E-state index in [0.29, 0.717) is 17.1 Å². The van der Waals surface area contributed by atoms with Crippen molar-refractivity contribution < 1.29 is 9.47 Å². The van der Waals surface area contributed by atoms with Crippen LogP contribution in [0.1, 0.15) is 0 Å². The highest BCUT2D eigenvalue weighted by Gasteiger charge is 2.16. The molecule has 0 aliphatic carbocycles. The van der Waals surface area contributed by atoms with E-state index in [9.17, 15) is 0 Å². The van der Waals surface area contributed by atoms with E-state index in [-0.39, 0.29) is 0 Å². The summed E-state index contributed by atoms with van der Waals surface area (Å²) >= 11 is 0. The zero-order valence-corrected chi connectivity index (χ0v) is 12.7. The third kappa shape index (κ3) is 2.07. The summed E-state index contributed by atoms with van der Waals surface area (Å²) in [6.07, 6.45) is 0. The zero-order valence-electron chi connectivity index (χ0n) is 12.7. The molecule has 0 spiro atoms. The first-order chi connectivity index (χ1) is 11.3. The van der Waals surface area contributed by atoms with Crippen molar-refractivity contribution in [2.24, 2.45) is 0 Å². The van der Waals surface area contributed by atoms with Gasteiger partial charge in [0.15, 0.2) is 17.1 Å². The highest BCUT2D eigenvalue weighted by atomic mass is 16.5. The second-order valence-electron chi connectivity index (χ2n) is 5.09. The Balaban J connectivity index is 2.09. The van der Waals surface area contributed by atoms with Gasteiger partial charge in [0.25, 0.3) is 0 Å². The van der Waals surface area contributed by atoms with Crippen molar-refractivity contribution in [3.8, 4) is 22.8 Å². The number of aromatic amines is 1. The van der Waals surface area contributed by atoms with E-state index in [4.69, 9.17) is 9.47 Å². The molecule has 114 valence electrons. The summed E-state index contributed by atoms with van der Waals surface area (Å²) in [6, 6.07) is 13.7. The number of hydrogen-bond donors (Lipinski definition) is 1. The fraction of sp³-hybridized carbons (Fsp3) is 0.118. The van der Waals surface area contributed by atoms with Crippen LogP contribution in [-0.4, -0.2) is 34.6 Å². The number of nitrogens with one attached hydrogen (secondary N) is 1.